The molecule has 15 heavy (non-hydrogen) atoms. The van der Waals surface area contributed by atoms with Crippen molar-refractivity contribution in [3.63, 3.8) is 0 Å². The summed E-state index contributed by atoms with van der Waals surface area (Å²) in [6, 6.07) is 1.88. The van der Waals surface area contributed by atoms with E-state index in [1.165, 1.54) is 25.7 Å². The molecule has 0 radical (unpaired) electrons. The van der Waals surface area contributed by atoms with Crippen molar-refractivity contribution in [3.05, 3.63) is 18.0 Å². The summed E-state index contributed by atoms with van der Waals surface area (Å²) in [5.74, 6) is 0.847. The number of hydrogen-bond acceptors (Lipinski definition) is 4. The summed E-state index contributed by atoms with van der Waals surface area (Å²) in [5.41, 5.74) is 6.49. The average molecular weight is 206 g/mol. The lowest BCUT2D eigenvalue weighted by Crippen LogP contribution is -2.26. The number of nitrogens with zero attached hydrogens (tertiary/aromatic N) is 3. The predicted molar refractivity (Wildman–Crippen MR) is 60.6 cm³/mol. The van der Waals surface area contributed by atoms with Crippen molar-refractivity contribution in [2.75, 3.05) is 18.0 Å². The van der Waals surface area contributed by atoms with Crippen molar-refractivity contribution in [3.8, 4) is 0 Å². The molecule has 0 spiro atoms. The molecule has 2 rings (SSSR count). The van der Waals surface area contributed by atoms with Crippen molar-refractivity contribution in [1.29, 1.82) is 0 Å². The van der Waals surface area contributed by atoms with Gasteiger partial charge in [0.25, 0.3) is 0 Å². The molecule has 2 heterocycles. The molecule has 4 nitrogen and oxygen atoms in total. The number of rotatable bonds is 2. The molecule has 1 aliphatic heterocycles. The summed E-state index contributed by atoms with van der Waals surface area (Å²) < 4.78 is 0. The van der Waals surface area contributed by atoms with E-state index in [0.717, 1.165) is 24.7 Å². The van der Waals surface area contributed by atoms with Crippen LogP contribution in [0.2, 0.25) is 0 Å². The van der Waals surface area contributed by atoms with E-state index in [-0.39, 0.29) is 0 Å². The molecular weight excluding hydrogens is 188 g/mol. The van der Waals surface area contributed by atoms with Gasteiger partial charge in [0.05, 0.1) is 5.69 Å². The molecule has 82 valence electrons. The van der Waals surface area contributed by atoms with Crippen LogP contribution in [0.1, 0.15) is 31.4 Å². The molecule has 0 amide bonds. The van der Waals surface area contributed by atoms with E-state index in [1.54, 1.807) is 6.20 Å². The zero-order valence-electron chi connectivity index (χ0n) is 9.02. The summed E-state index contributed by atoms with van der Waals surface area (Å²) in [4.78, 5) is 11.0. The van der Waals surface area contributed by atoms with Crippen molar-refractivity contribution in [1.82, 2.24) is 9.97 Å². The van der Waals surface area contributed by atoms with Crippen molar-refractivity contribution in [2.24, 2.45) is 5.73 Å². The van der Waals surface area contributed by atoms with Crippen LogP contribution >= 0.6 is 0 Å². The maximum Gasteiger partial charge on any atom is 0.225 e. The topological polar surface area (TPSA) is 55.0 Å². The van der Waals surface area contributed by atoms with Crippen molar-refractivity contribution >= 4 is 5.95 Å². The molecule has 0 unspecified atom stereocenters. The Hall–Kier alpha value is -1.16. The highest BCUT2D eigenvalue weighted by atomic mass is 15.2. The lowest BCUT2D eigenvalue weighted by Gasteiger charge is -2.20. The molecule has 0 bridgehead atoms. The summed E-state index contributed by atoms with van der Waals surface area (Å²) in [6.07, 6.45) is 6.95. The highest BCUT2D eigenvalue weighted by Gasteiger charge is 2.12. The highest BCUT2D eigenvalue weighted by molar-refractivity contribution is 5.30. The Morgan fingerprint density at radius 3 is 2.60 bits per heavy atom. The van der Waals surface area contributed by atoms with E-state index in [9.17, 15) is 0 Å². The lowest BCUT2D eigenvalue weighted by molar-refractivity contribution is 0.726. The Balaban J connectivity index is 2.12. The minimum absolute atomic E-state index is 0.489. The smallest absolute Gasteiger partial charge is 0.225 e. The van der Waals surface area contributed by atoms with E-state index in [1.807, 2.05) is 6.07 Å². The van der Waals surface area contributed by atoms with Gasteiger partial charge in [-0.1, -0.05) is 12.8 Å². The van der Waals surface area contributed by atoms with Gasteiger partial charge in [-0.15, -0.1) is 0 Å². The fourth-order valence-electron chi connectivity index (χ4n) is 1.92. The van der Waals surface area contributed by atoms with Crippen LogP contribution < -0.4 is 10.6 Å². The average Bonchev–Trinajstić information content (AvgIpc) is 2.58. The third-order valence-electron chi connectivity index (χ3n) is 2.80. The maximum absolute atomic E-state index is 5.57. The van der Waals surface area contributed by atoms with Crippen LogP contribution in [-0.2, 0) is 6.54 Å². The number of anilines is 1. The SMILES string of the molecule is NCc1ccnc(N2CCCCCC2)n1. The quantitative estimate of drug-likeness (QED) is 0.792. The van der Waals surface area contributed by atoms with Gasteiger partial charge in [0.15, 0.2) is 0 Å². The zero-order valence-corrected chi connectivity index (χ0v) is 9.02. The largest absolute Gasteiger partial charge is 0.341 e. The van der Waals surface area contributed by atoms with E-state index in [2.05, 4.69) is 14.9 Å². The molecule has 0 atom stereocenters. The number of hydrogen-bond donors (Lipinski definition) is 1. The van der Waals surface area contributed by atoms with Crippen LogP contribution in [0.25, 0.3) is 0 Å². The van der Waals surface area contributed by atoms with Gasteiger partial charge < -0.3 is 10.6 Å². The Labute approximate surface area is 90.5 Å². The van der Waals surface area contributed by atoms with Crippen molar-refractivity contribution < 1.29 is 0 Å². The Bertz CT molecular complexity index is 305. The lowest BCUT2D eigenvalue weighted by atomic mass is 10.2. The normalized spacial score (nSPS) is 17.5. The summed E-state index contributed by atoms with van der Waals surface area (Å²) in [6.45, 7) is 2.64. The van der Waals surface area contributed by atoms with Crippen LogP contribution in [0, 0.1) is 0 Å². The minimum atomic E-state index is 0.489. The molecule has 1 aliphatic rings. The predicted octanol–water partition coefficient (Wildman–Crippen LogP) is 1.32. The van der Waals surface area contributed by atoms with E-state index in [4.69, 9.17) is 5.73 Å². The van der Waals surface area contributed by atoms with Gasteiger partial charge in [-0.25, -0.2) is 9.97 Å². The van der Waals surface area contributed by atoms with E-state index in [0.29, 0.717) is 6.54 Å². The molecule has 1 aromatic rings. The molecule has 1 aromatic heterocycles. The number of nitrogens with two attached hydrogens (primary N) is 1. The second kappa shape index (κ2) is 5.07. The first-order valence-electron chi connectivity index (χ1n) is 5.67. The molecule has 2 N–H and O–H groups in total. The van der Waals surface area contributed by atoms with Crippen LogP contribution in [0.4, 0.5) is 5.95 Å². The molecule has 1 fully saturated rings. The zero-order chi connectivity index (χ0) is 10.5. The molecule has 0 aliphatic carbocycles. The third kappa shape index (κ3) is 2.65. The summed E-state index contributed by atoms with van der Waals surface area (Å²) >= 11 is 0. The van der Waals surface area contributed by atoms with Crippen LogP contribution in [0.3, 0.4) is 0 Å². The van der Waals surface area contributed by atoms with Gasteiger partial charge in [0.2, 0.25) is 5.95 Å². The highest BCUT2D eigenvalue weighted by Crippen LogP contribution is 2.15. The van der Waals surface area contributed by atoms with Gasteiger partial charge in [-0.3, -0.25) is 0 Å². The molecule has 0 saturated carbocycles. The van der Waals surface area contributed by atoms with Crippen molar-refractivity contribution in [2.45, 2.75) is 32.2 Å². The van der Waals surface area contributed by atoms with E-state index < -0.39 is 0 Å². The van der Waals surface area contributed by atoms with Crippen LogP contribution in [0.15, 0.2) is 12.3 Å². The fraction of sp³-hybridized carbons (Fsp3) is 0.636. The first kappa shape index (κ1) is 10.4. The first-order chi connectivity index (χ1) is 7.40. The van der Waals surface area contributed by atoms with Crippen LogP contribution in [-0.4, -0.2) is 23.1 Å². The third-order valence-corrected chi connectivity index (χ3v) is 2.80. The Morgan fingerprint density at radius 2 is 1.93 bits per heavy atom. The fourth-order valence-corrected chi connectivity index (χ4v) is 1.92. The Kier molecular flexibility index (Phi) is 3.50. The van der Waals surface area contributed by atoms with E-state index >= 15 is 0 Å². The van der Waals surface area contributed by atoms with Gasteiger partial charge in [-0.05, 0) is 18.9 Å². The maximum atomic E-state index is 5.57. The molecule has 4 heteroatoms. The summed E-state index contributed by atoms with van der Waals surface area (Å²) in [5, 5.41) is 0. The Morgan fingerprint density at radius 1 is 1.20 bits per heavy atom. The van der Waals surface area contributed by atoms with Gasteiger partial charge in [0.1, 0.15) is 0 Å². The number of aromatic nitrogens is 2. The minimum Gasteiger partial charge on any atom is -0.341 e. The van der Waals surface area contributed by atoms with Gasteiger partial charge in [-0.2, -0.15) is 0 Å². The molecular formula is C11H18N4. The molecule has 1 saturated heterocycles. The molecule has 0 aromatic carbocycles. The monoisotopic (exact) mass is 206 g/mol. The van der Waals surface area contributed by atoms with Gasteiger partial charge in [0, 0.05) is 25.8 Å². The second-order valence-electron chi connectivity index (χ2n) is 3.95. The van der Waals surface area contributed by atoms with Gasteiger partial charge >= 0.3 is 0 Å². The first-order valence-corrected chi connectivity index (χ1v) is 5.67. The standard InChI is InChI=1S/C11H18N4/c12-9-10-5-6-13-11(14-10)15-7-3-1-2-4-8-15/h5-6H,1-4,7-9,12H2. The summed E-state index contributed by atoms with van der Waals surface area (Å²) in [7, 11) is 0. The second-order valence-corrected chi connectivity index (χ2v) is 3.95. The van der Waals surface area contributed by atoms with Crippen LogP contribution in [0.5, 0.6) is 0 Å².